The molecule has 7 nitrogen and oxygen atoms in total. The average molecular weight is 511 g/mol. The zero-order chi connectivity index (χ0) is 23.1. The number of benzene rings is 2. The molecule has 0 fully saturated rings. The van der Waals surface area contributed by atoms with E-state index in [-0.39, 0.29) is 29.0 Å². The number of nitrogens with zero attached hydrogens (tertiary/aromatic N) is 3. The minimum absolute atomic E-state index is 0.0427. The molecule has 0 aliphatic rings. The lowest BCUT2D eigenvalue weighted by molar-refractivity contribution is -0.116. The molecule has 32 heavy (non-hydrogen) atoms. The Morgan fingerprint density at radius 1 is 1.06 bits per heavy atom. The lowest BCUT2D eigenvalue weighted by atomic mass is 10.3. The van der Waals surface area contributed by atoms with E-state index >= 15 is 0 Å². The molecule has 0 saturated carbocycles. The maximum absolute atomic E-state index is 12.5. The summed E-state index contributed by atoms with van der Waals surface area (Å²) in [4.78, 5) is 24.8. The SMILES string of the molecule is C=CCn1c(CC(=O)Nc2cccc(Cl)c2Cl)nnc1SCC(=O)Nc1cccc(Cl)c1. The summed E-state index contributed by atoms with van der Waals surface area (Å²) < 4.78 is 1.73. The van der Waals surface area contributed by atoms with Crippen molar-refractivity contribution in [1.29, 1.82) is 0 Å². The highest BCUT2D eigenvalue weighted by Crippen LogP contribution is 2.29. The third-order valence-corrected chi connectivity index (χ3v) is 6.11. The second-order valence-electron chi connectivity index (χ2n) is 6.47. The maximum Gasteiger partial charge on any atom is 0.234 e. The zero-order valence-corrected chi connectivity index (χ0v) is 19.7. The normalized spacial score (nSPS) is 10.6. The van der Waals surface area contributed by atoms with Crippen LogP contribution in [0.25, 0.3) is 0 Å². The first-order valence-electron chi connectivity index (χ1n) is 9.32. The first-order valence-corrected chi connectivity index (χ1v) is 11.4. The van der Waals surface area contributed by atoms with Crippen molar-refractivity contribution in [2.24, 2.45) is 0 Å². The topological polar surface area (TPSA) is 88.9 Å². The van der Waals surface area contributed by atoms with Crippen molar-refractivity contribution in [1.82, 2.24) is 14.8 Å². The highest BCUT2D eigenvalue weighted by atomic mass is 35.5. The summed E-state index contributed by atoms with van der Waals surface area (Å²) in [6.07, 6.45) is 1.62. The Bertz CT molecular complexity index is 1150. The number of thioether (sulfide) groups is 1. The lowest BCUT2D eigenvalue weighted by Gasteiger charge is -2.10. The van der Waals surface area contributed by atoms with Crippen LogP contribution in [0.2, 0.25) is 15.1 Å². The third-order valence-electron chi connectivity index (χ3n) is 4.09. The minimum Gasteiger partial charge on any atom is -0.325 e. The molecule has 3 rings (SSSR count). The van der Waals surface area contributed by atoms with Crippen LogP contribution in [0.1, 0.15) is 5.82 Å². The molecule has 2 N–H and O–H groups in total. The summed E-state index contributed by atoms with van der Waals surface area (Å²) in [7, 11) is 0. The number of hydrogen-bond donors (Lipinski definition) is 2. The van der Waals surface area contributed by atoms with Crippen molar-refractivity contribution < 1.29 is 9.59 Å². The van der Waals surface area contributed by atoms with Crippen molar-refractivity contribution in [3.8, 4) is 0 Å². The Hall–Kier alpha value is -2.52. The van der Waals surface area contributed by atoms with Gasteiger partial charge < -0.3 is 15.2 Å². The fourth-order valence-electron chi connectivity index (χ4n) is 2.70. The maximum atomic E-state index is 12.5. The van der Waals surface area contributed by atoms with Crippen molar-refractivity contribution >= 4 is 69.8 Å². The molecule has 0 aliphatic carbocycles. The number of allylic oxidation sites excluding steroid dienone is 1. The van der Waals surface area contributed by atoms with E-state index in [1.807, 2.05) is 0 Å². The predicted molar refractivity (Wildman–Crippen MR) is 130 cm³/mol. The van der Waals surface area contributed by atoms with Crippen molar-refractivity contribution in [3.05, 3.63) is 76.0 Å². The molecular weight excluding hydrogens is 493 g/mol. The number of carbonyl (C=O) groups excluding carboxylic acids is 2. The Morgan fingerprint density at radius 2 is 1.84 bits per heavy atom. The molecule has 0 bridgehead atoms. The Morgan fingerprint density at radius 3 is 2.59 bits per heavy atom. The number of carbonyl (C=O) groups is 2. The molecule has 0 unspecified atom stereocenters. The molecule has 11 heteroatoms. The minimum atomic E-state index is -0.331. The number of nitrogens with one attached hydrogen (secondary N) is 2. The van der Waals surface area contributed by atoms with Crippen molar-refractivity contribution in [2.75, 3.05) is 16.4 Å². The van der Waals surface area contributed by atoms with Gasteiger partial charge in [0, 0.05) is 17.3 Å². The van der Waals surface area contributed by atoms with Crippen molar-refractivity contribution in [3.63, 3.8) is 0 Å². The number of halogens is 3. The smallest absolute Gasteiger partial charge is 0.234 e. The molecule has 166 valence electrons. The van der Waals surface area contributed by atoms with Gasteiger partial charge >= 0.3 is 0 Å². The largest absolute Gasteiger partial charge is 0.325 e. The number of aromatic nitrogens is 3. The van der Waals surface area contributed by atoms with Gasteiger partial charge in [0.2, 0.25) is 11.8 Å². The number of hydrogen-bond acceptors (Lipinski definition) is 5. The second-order valence-corrected chi connectivity index (χ2v) is 8.64. The van der Waals surface area contributed by atoms with E-state index in [1.165, 1.54) is 11.8 Å². The van der Waals surface area contributed by atoms with Gasteiger partial charge in [-0.2, -0.15) is 0 Å². The van der Waals surface area contributed by atoms with Gasteiger partial charge in [0.25, 0.3) is 0 Å². The number of anilines is 2. The standard InChI is InChI=1S/C21H18Cl3N5O2S/c1-2-9-29-17(11-18(30)26-16-8-4-7-15(23)20(16)24)27-28-21(29)32-12-19(31)25-14-6-3-5-13(22)10-14/h2-8,10H,1,9,11-12H2,(H,25,31)(H,26,30). The summed E-state index contributed by atoms with van der Waals surface area (Å²) >= 11 is 19.2. The zero-order valence-electron chi connectivity index (χ0n) is 16.6. The highest BCUT2D eigenvalue weighted by molar-refractivity contribution is 7.99. The average Bonchev–Trinajstić information content (AvgIpc) is 3.11. The quantitative estimate of drug-likeness (QED) is 0.300. The van der Waals surface area contributed by atoms with E-state index in [1.54, 1.807) is 53.1 Å². The van der Waals surface area contributed by atoms with Crippen LogP contribution in [-0.4, -0.2) is 32.3 Å². The van der Waals surface area contributed by atoms with Crippen LogP contribution in [0.3, 0.4) is 0 Å². The molecule has 1 heterocycles. The van der Waals surface area contributed by atoms with Crippen LogP contribution >= 0.6 is 46.6 Å². The van der Waals surface area contributed by atoms with Gasteiger partial charge in [-0.15, -0.1) is 16.8 Å². The van der Waals surface area contributed by atoms with Gasteiger partial charge in [0.15, 0.2) is 5.16 Å². The van der Waals surface area contributed by atoms with Crippen LogP contribution in [0.5, 0.6) is 0 Å². The van der Waals surface area contributed by atoms with Gasteiger partial charge in [-0.1, -0.05) is 64.8 Å². The van der Waals surface area contributed by atoms with Gasteiger partial charge in [0.05, 0.1) is 27.9 Å². The fraction of sp³-hybridized carbons (Fsp3) is 0.143. The summed E-state index contributed by atoms with van der Waals surface area (Å²) in [6.45, 7) is 4.12. The van der Waals surface area contributed by atoms with Crippen LogP contribution in [0.4, 0.5) is 11.4 Å². The van der Waals surface area contributed by atoms with E-state index in [0.29, 0.717) is 38.9 Å². The first kappa shape index (κ1) is 24.1. The fourth-order valence-corrected chi connectivity index (χ4v) is 4.01. The predicted octanol–water partition coefficient (Wildman–Crippen LogP) is 5.34. The summed E-state index contributed by atoms with van der Waals surface area (Å²) in [5, 5.41) is 15.3. The third kappa shape index (κ3) is 6.49. The molecule has 0 atom stereocenters. The van der Waals surface area contributed by atoms with Crippen LogP contribution < -0.4 is 10.6 Å². The molecule has 0 aliphatic heterocycles. The molecule has 2 aromatic carbocycles. The van der Waals surface area contributed by atoms with Crippen LogP contribution in [0.15, 0.2) is 60.3 Å². The molecule has 0 spiro atoms. The summed E-state index contributed by atoms with van der Waals surface area (Å²) in [5.74, 6) is -0.0210. The van der Waals surface area contributed by atoms with Crippen molar-refractivity contribution in [2.45, 2.75) is 18.1 Å². The van der Waals surface area contributed by atoms with Crippen LogP contribution in [-0.2, 0) is 22.6 Å². The monoisotopic (exact) mass is 509 g/mol. The highest BCUT2D eigenvalue weighted by Gasteiger charge is 2.17. The van der Waals surface area contributed by atoms with E-state index in [9.17, 15) is 9.59 Å². The Balaban J connectivity index is 1.64. The van der Waals surface area contributed by atoms with Gasteiger partial charge in [-0.05, 0) is 30.3 Å². The first-order chi connectivity index (χ1) is 15.4. The van der Waals surface area contributed by atoms with E-state index < -0.39 is 0 Å². The van der Waals surface area contributed by atoms with E-state index in [2.05, 4.69) is 27.4 Å². The number of amides is 2. The Kier molecular flexibility index (Phi) is 8.58. The Labute approximate surface area is 204 Å². The van der Waals surface area contributed by atoms with Gasteiger partial charge in [0.1, 0.15) is 5.82 Å². The van der Waals surface area contributed by atoms with E-state index in [4.69, 9.17) is 34.8 Å². The lowest BCUT2D eigenvalue weighted by Crippen LogP contribution is -2.18. The van der Waals surface area contributed by atoms with Gasteiger partial charge in [-0.3, -0.25) is 9.59 Å². The molecule has 3 aromatic rings. The molecule has 0 saturated heterocycles. The molecule has 0 radical (unpaired) electrons. The van der Waals surface area contributed by atoms with Gasteiger partial charge in [-0.25, -0.2) is 0 Å². The van der Waals surface area contributed by atoms with E-state index in [0.717, 1.165) is 0 Å². The number of rotatable bonds is 9. The summed E-state index contributed by atoms with van der Waals surface area (Å²) in [5.41, 5.74) is 1.01. The molecular formula is C21H18Cl3N5O2S. The second kappa shape index (κ2) is 11.4. The molecule has 2 amide bonds. The summed E-state index contributed by atoms with van der Waals surface area (Å²) in [6, 6.07) is 11.9. The molecule has 1 aromatic heterocycles. The van der Waals surface area contributed by atoms with Crippen LogP contribution in [0, 0.1) is 0 Å².